The van der Waals surface area contributed by atoms with Crippen LogP contribution in [0.5, 0.6) is 0 Å². The monoisotopic (exact) mass is 236 g/mol. The van der Waals surface area contributed by atoms with Gasteiger partial charge in [0, 0.05) is 12.5 Å². The molecule has 0 spiro atoms. The molecule has 0 bridgehead atoms. The van der Waals surface area contributed by atoms with Crippen molar-refractivity contribution in [1.29, 1.82) is 0 Å². The second-order valence-electron chi connectivity index (χ2n) is 2.90. The Morgan fingerprint density at radius 3 is 2.94 bits per heavy atom. The van der Waals surface area contributed by atoms with Gasteiger partial charge >= 0.3 is 0 Å². The van der Waals surface area contributed by atoms with Gasteiger partial charge in [-0.25, -0.2) is 4.39 Å². The summed E-state index contributed by atoms with van der Waals surface area (Å²) in [7, 11) is 0. The predicted octanol–water partition coefficient (Wildman–Crippen LogP) is 2.27. The summed E-state index contributed by atoms with van der Waals surface area (Å²) in [5, 5.41) is -0.0239. The molecule has 0 unspecified atom stereocenters. The lowest BCUT2D eigenvalue weighted by Crippen LogP contribution is -1.92. The molecule has 16 heavy (non-hydrogen) atoms. The van der Waals surface area contributed by atoms with Gasteiger partial charge < -0.3 is 0 Å². The second-order valence-corrected chi connectivity index (χ2v) is 4.05. The summed E-state index contributed by atoms with van der Waals surface area (Å²) in [5.41, 5.74) is 0.307. The van der Waals surface area contributed by atoms with Crippen LogP contribution in [-0.4, -0.2) is 17.2 Å². The van der Waals surface area contributed by atoms with E-state index in [0.717, 1.165) is 11.8 Å². The number of hydrogen-bond acceptors (Lipinski definition) is 3. The Morgan fingerprint density at radius 1 is 1.56 bits per heavy atom. The Bertz CT molecular complexity index is 472. The van der Waals surface area contributed by atoms with Crippen molar-refractivity contribution in [2.75, 3.05) is 5.75 Å². The smallest absolute Gasteiger partial charge is 0.186 e. The minimum atomic E-state index is -0.582. The van der Waals surface area contributed by atoms with Crippen LogP contribution in [0.3, 0.4) is 0 Å². The Labute approximate surface area is 97.2 Å². The first-order valence-electron chi connectivity index (χ1n) is 4.51. The number of aldehydes is 1. The molecule has 0 fully saturated rings. The van der Waals surface area contributed by atoms with Crippen LogP contribution in [0.2, 0.25) is 0 Å². The molecule has 1 aromatic carbocycles. The van der Waals surface area contributed by atoms with Gasteiger partial charge in [-0.3, -0.25) is 9.59 Å². The lowest BCUT2D eigenvalue weighted by molar-refractivity contribution is -0.109. The molecule has 0 heterocycles. The van der Waals surface area contributed by atoms with Gasteiger partial charge in [-0.15, -0.1) is 0 Å². The first kappa shape index (κ1) is 12.5. The van der Waals surface area contributed by atoms with Gasteiger partial charge in [0.15, 0.2) is 11.4 Å². The van der Waals surface area contributed by atoms with Gasteiger partial charge in [0.1, 0.15) is 5.82 Å². The Kier molecular flexibility index (Phi) is 4.74. The summed E-state index contributed by atoms with van der Waals surface area (Å²) in [4.78, 5) is 21.2. The highest BCUT2D eigenvalue weighted by atomic mass is 32.2. The van der Waals surface area contributed by atoms with Crippen molar-refractivity contribution in [2.24, 2.45) is 0 Å². The summed E-state index contributed by atoms with van der Waals surface area (Å²) in [6, 6.07) is 4.27. The molecule has 1 aromatic rings. The van der Waals surface area contributed by atoms with E-state index in [4.69, 9.17) is 0 Å². The van der Waals surface area contributed by atoms with Crippen molar-refractivity contribution in [3.8, 4) is 11.8 Å². The number of benzene rings is 1. The van der Waals surface area contributed by atoms with Crippen LogP contribution in [0.15, 0.2) is 18.2 Å². The average molecular weight is 236 g/mol. The molecule has 2 nitrogen and oxygen atoms in total. The molecule has 0 saturated carbocycles. The summed E-state index contributed by atoms with van der Waals surface area (Å²) >= 11 is 1.07. The quantitative estimate of drug-likeness (QED) is 0.583. The third kappa shape index (κ3) is 3.52. The van der Waals surface area contributed by atoms with Gasteiger partial charge in [0.25, 0.3) is 0 Å². The highest BCUT2D eigenvalue weighted by Gasteiger charge is 2.04. The molecule has 1 rings (SSSR count). The SMILES string of the molecule is CC(=O)SCC#Cc1cccc(F)c1C=O. The fourth-order valence-corrected chi connectivity index (χ4v) is 1.38. The number of thioether (sulfide) groups is 1. The summed E-state index contributed by atoms with van der Waals surface area (Å²) in [5.74, 6) is 5.12. The minimum Gasteiger partial charge on any atom is -0.298 e. The van der Waals surface area contributed by atoms with Crippen LogP contribution in [0.4, 0.5) is 4.39 Å². The van der Waals surface area contributed by atoms with Crippen molar-refractivity contribution in [3.63, 3.8) is 0 Å². The predicted molar refractivity (Wildman–Crippen MR) is 61.8 cm³/mol. The number of halogens is 1. The normalized spacial score (nSPS) is 9.12. The molecule has 0 N–H and O–H groups in total. The lowest BCUT2D eigenvalue weighted by atomic mass is 10.1. The standard InChI is InChI=1S/C12H9FO2S/c1-9(15)16-7-3-5-10-4-2-6-12(13)11(10)8-14/h2,4,6,8H,7H2,1H3. The third-order valence-corrected chi connectivity index (χ3v) is 2.44. The molecular formula is C12H9FO2S. The maximum atomic E-state index is 13.1. The zero-order valence-corrected chi connectivity index (χ0v) is 9.44. The summed E-state index contributed by atoms with van der Waals surface area (Å²) in [6.45, 7) is 1.45. The first-order valence-corrected chi connectivity index (χ1v) is 5.49. The van der Waals surface area contributed by atoms with Crippen LogP contribution in [0, 0.1) is 17.7 Å². The zero-order chi connectivity index (χ0) is 12.0. The molecule has 0 aliphatic rings. The Hall–Kier alpha value is -1.60. The largest absolute Gasteiger partial charge is 0.298 e. The molecular weight excluding hydrogens is 227 g/mol. The highest BCUT2D eigenvalue weighted by molar-refractivity contribution is 8.13. The van der Waals surface area contributed by atoms with Gasteiger partial charge in [0.05, 0.1) is 11.3 Å². The topological polar surface area (TPSA) is 34.1 Å². The number of rotatable bonds is 2. The maximum Gasteiger partial charge on any atom is 0.186 e. The van der Waals surface area contributed by atoms with Gasteiger partial charge in [-0.2, -0.15) is 0 Å². The molecule has 0 atom stereocenters. The number of hydrogen-bond donors (Lipinski definition) is 0. The van der Waals surface area contributed by atoms with Crippen molar-refractivity contribution in [2.45, 2.75) is 6.92 Å². The first-order chi connectivity index (χ1) is 7.65. The van der Waals surface area contributed by atoms with E-state index in [1.54, 1.807) is 6.07 Å². The summed E-state index contributed by atoms with van der Waals surface area (Å²) < 4.78 is 13.1. The van der Waals surface area contributed by atoms with Crippen molar-refractivity contribution >= 4 is 23.2 Å². The van der Waals surface area contributed by atoms with Gasteiger partial charge in [-0.1, -0.05) is 29.7 Å². The molecule has 0 radical (unpaired) electrons. The van der Waals surface area contributed by atoms with Crippen LogP contribution in [0.1, 0.15) is 22.8 Å². The fraction of sp³-hybridized carbons (Fsp3) is 0.167. The Balaban J connectivity index is 2.84. The molecule has 82 valence electrons. The van der Waals surface area contributed by atoms with Gasteiger partial charge in [0.2, 0.25) is 0 Å². The van der Waals surface area contributed by atoms with Crippen LogP contribution >= 0.6 is 11.8 Å². The van der Waals surface area contributed by atoms with Crippen LogP contribution in [-0.2, 0) is 4.79 Å². The molecule has 0 saturated heterocycles. The lowest BCUT2D eigenvalue weighted by Gasteiger charge is -1.96. The van der Waals surface area contributed by atoms with E-state index in [0.29, 0.717) is 17.6 Å². The van der Waals surface area contributed by atoms with E-state index in [-0.39, 0.29) is 10.7 Å². The van der Waals surface area contributed by atoms with Crippen LogP contribution in [0.25, 0.3) is 0 Å². The van der Waals surface area contributed by atoms with Crippen molar-refractivity contribution in [3.05, 3.63) is 35.1 Å². The van der Waals surface area contributed by atoms with E-state index in [9.17, 15) is 14.0 Å². The number of carbonyl (C=O) groups excluding carboxylic acids is 2. The zero-order valence-electron chi connectivity index (χ0n) is 8.62. The molecule has 0 aromatic heterocycles. The minimum absolute atomic E-state index is 0.0239. The van der Waals surface area contributed by atoms with E-state index in [1.807, 2.05) is 0 Å². The second kappa shape index (κ2) is 6.09. The maximum absolute atomic E-state index is 13.1. The fourth-order valence-electron chi connectivity index (χ4n) is 1.03. The summed E-state index contributed by atoms with van der Waals surface area (Å²) in [6.07, 6.45) is 0.442. The van der Waals surface area contributed by atoms with Crippen molar-refractivity contribution < 1.29 is 14.0 Å². The van der Waals surface area contributed by atoms with Gasteiger partial charge in [-0.05, 0) is 12.1 Å². The molecule has 0 aliphatic carbocycles. The van der Waals surface area contributed by atoms with E-state index >= 15 is 0 Å². The third-order valence-electron chi connectivity index (χ3n) is 1.74. The Morgan fingerprint density at radius 2 is 2.31 bits per heavy atom. The highest BCUT2D eigenvalue weighted by Crippen LogP contribution is 2.10. The number of carbonyl (C=O) groups is 2. The average Bonchev–Trinajstić information content (AvgIpc) is 2.24. The van der Waals surface area contributed by atoms with E-state index in [2.05, 4.69) is 11.8 Å². The molecule has 0 amide bonds. The molecule has 0 aliphatic heterocycles. The van der Waals surface area contributed by atoms with Crippen LogP contribution < -0.4 is 0 Å². The van der Waals surface area contributed by atoms with E-state index < -0.39 is 5.82 Å². The molecule has 4 heteroatoms. The van der Waals surface area contributed by atoms with E-state index in [1.165, 1.54) is 19.1 Å². The van der Waals surface area contributed by atoms with Crippen molar-refractivity contribution in [1.82, 2.24) is 0 Å².